The highest BCUT2D eigenvalue weighted by atomic mass is 16.6. The van der Waals surface area contributed by atoms with E-state index in [1.165, 1.54) is 154 Å². The van der Waals surface area contributed by atoms with E-state index in [9.17, 15) is 14.4 Å². The smallest absolute Gasteiger partial charge is 0.306 e. The molecular weight excluding hydrogens is 973 g/mol. The molecule has 0 aliphatic rings. The maximum Gasteiger partial charge on any atom is 0.306 e. The fourth-order valence-corrected chi connectivity index (χ4v) is 9.28. The number of ether oxygens (including phenoxy) is 3. The molecule has 0 amide bonds. The van der Waals surface area contributed by atoms with Crippen LogP contribution in [0.25, 0.3) is 0 Å². The van der Waals surface area contributed by atoms with Crippen LogP contribution in [-0.4, -0.2) is 37.2 Å². The van der Waals surface area contributed by atoms with Crippen molar-refractivity contribution in [1.29, 1.82) is 0 Å². The van der Waals surface area contributed by atoms with Crippen molar-refractivity contribution >= 4 is 17.9 Å². The van der Waals surface area contributed by atoms with Crippen LogP contribution in [0.4, 0.5) is 0 Å². The first-order chi connectivity index (χ1) is 39.0. The molecule has 6 heteroatoms. The third kappa shape index (κ3) is 64.8. The molecule has 0 aromatic carbocycles. The van der Waals surface area contributed by atoms with E-state index < -0.39 is 6.10 Å². The first-order valence-electron chi connectivity index (χ1n) is 33.4. The summed E-state index contributed by atoms with van der Waals surface area (Å²) < 4.78 is 16.8. The monoisotopic (exact) mass is 1100 g/mol. The summed E-state index contributed by atoms with van der Waals surface area (Å²) in [6.07, 6.45) is 91.6. The summed E-state index contributed by atoms with van der Waals surface area (Å²) in [7, 11) is 0. The molecular formula is C73H124O6. The van der Waals surface area contributed by atoms with Gasteiger partial charge in [0.2, 0.25) is 0 Å². The summed E-state index contributed by atoms with van der Waals surface area (Å²) in [4.78, 5) is 37.9. The topological polar surface area (TPSA) is 78.9 Å². The van der Waals surface area contributed by atoms with Gasteiger partial charge in [0.1, 0.15) is 13.2 Å². The molecule has 0 aliphatic carbocycles. The van der Waals surface area contributed by atoms with Crippen LogP contribution in [0.2, 0.25) is 0 Å². The quantitative estimate of drug-likeness (QED) is 0.0261. The highest BCUT2D eigenvalue weighted by Gasteiger charge is 2.19. The molecule has 0 saturated heterocycles. The molecule has 0 fully saturated rings. The Hall–Kier alpha value is -3.93. The van der Waals surface area contributed by atoms with E-state index in [2.05, 4.69) is 130 Å². The second-order valence-corrected chi connectivity index (χ2v) is 22.0. The zero-order valence-corrected chi connectivity index (χ0v) is 51.9. The molecule has 0 aliphatic heterocycles. The molecule has 452 valence electrons. The molecule has 0 N–H and O–H groups in total. The summed E-state index contributed by atoms with van der Waals surface area (Å²) in [6.45, 7) is 6.42. The van der Waals surface area contributed by atoms with Gasteiger partial charge in [-0.2, -0.15) is 0 Å². The van der Waals surface area contributed by atoms with E-state index >= 15 is 0 Å². The fraction of sp³-hybridized carbons (Fsp3) is 0.712. The van der Waals surface area contributed by atoms with Crippen LogP contribution < -0.4 is 0 Å². The number of carbonyl (C=O) groups is 3. The van der Waals surface area contributed by atoms with E-state index in [1.54, 1.807) is 0 Å². The van der Waals surface area contributed by atoms with Gasteiger partial charge in [-0.25, -0.2) is 0 Å². The SMILES string of the molecule is CC/C=C\C/C=C\C/C=C\C/C=C\C/C=C\C/C=C\C/C=C\CCCCCC(=O)OC(COC(=O)CCCCCCC)COC(=O)CCCCCCCCCCCCCCCCCCCCC/C=C\C/C=C\CCCCCCC. The Morgan fingerprint density at radius 1 is 0.266 bits per heavy atom. The third-order valence-electron chi connectivity index (χ3n) is 14.3. The number of rotatable bonds is 60. The molecule has 6 nitrogen and oxygen atoms in total. The van der Waals surface area contributed by atoms with Gasteiger partial charge in [-0.15, -0.1) is 0 Å². The lowest BCUT2D eigenvalue weighted by atomic mass is 10.0. The maximum atomic E-state index is 12.8. The first-order valence-corrected chi connectivity index (χ1v) is 33.4. The number of unbranched alkanes of at least 4 members (excludes halogenated alkanes) is 31. The van der Waals surface area contributed by atoms with Gasteiger partial charge in [0, 0.05) is 19.3 Å². The van der Waals surface area contributed by atoms with Crippen molar-refractivity contribution in [2.24, 2.45) is 0 Å². The number of allylic oxidation sites excluding steroid dienone is 18. The molecule has 0 heterocycles. The highest BCUT2D eigenvalue weighted by molar-refractivity contribution is 5.71. The van der Waals surface area contributed by atoms with Gasteiger partial charge < -0.3 is 14.2 Å². The minimum Gasteiger partial charge on any atom is -0.462 e. The van der Waals surface area contributed by atoms with Crippen LogP contribution >= 0.6 is 0 Å². The van der Waals surface area contributed by atoms with Gasteiger partial charge in [-0.1, -0.05) is 297 Å². The molecule has 0 bridgehead atoms. The van der Waals surface area contributed by atoms with Crippen LogP contribution in [0.1, 0.15) is 316 Å². The minimum absolute atomic E-state index is 0.0905. The van der Waals surface area contributed by atoms with Gasteiger partial charge in [0.05, 0.1) is 0 Å². The zero-order valence-electron chi connectivity index (χ0n) is 51.9. The van der Waals surface area contributed by atoms with Gasteiger partial charge in [-0.05, 0) is 109 Å². The van der Waals surface area contributed by atoms with Crippen molar-refractivity contribution in [2.75, 3.05) is 13.2 Å². The number of hydrogen-bond donors (Lipinski definition) is 0. The van der Waals surface area contributed by atoms with Crippen molar-refractivity contribution in [2.45, 2.75) is 322 Å². The Bertz CT molecular complexity index is 1590. The predicted molar refractivity (Wildman–Crippen MR) is 343 cm³/mol. The number of hydrogen-bond acceptors (Lipinski definition) is 6. The van der Waals surface area contributed by atoms with E-state index in [0.29, 0.717) is 12.8 Å². The summed E-state index contributed by atoms with van der Waals surface area (Å²) in [5.74, 6) is -0.931. The standard InChI is InChI=1S/C73H124O6/c1-4-7-10-13-15-17-19-21-23-25-27-29-31-33-34-35-36-37-38-40-41-43-45-47-49-51-53-55-57-60-63-66-72(75)78-69-70(68-77-71(74)65-62-59-12-9-6-3)79-73(76)67-64-61-58-56-54-52-50-48-46-44-42-39-32-30-28-26-24-22-20-18-16-14-11-8-5-2/h8,11,16,18-19,21-22,24-25,27-28,30,39,42,46,48,52,54,70H,4-7,9-10,12-15,17,20,23,26,29,31-38,40-41,43-45,47,49-51,53,55-69H2,1-3H3/b11-8-,18-16-,21-19-,24-22-,27-25-,30-28-,42-39-,48-46-,54-52-. The average Bonchev–Trinajstić information content (AvgIpc) is 3.45. The second kappa shape index (κ2) is 66.6. The van der Waals surface area contributed by atoms with E-state index in [-0.39, 0.29) is 37.5 Å². The molecule has 0 rings (SSSR count). The Kier molecular flexibility index (Phi) is 63.3. The normalized spacial score (nSPS) is 12.8. The van der Waals surface area contributed by atoms with Gasteiger partial charge in [-0.3, -0.25) is 14.4 Å². The van der Waals surface area contributed by atoms with E-state index in [4.69, 9.17) is 14.2 Å². The Balaban J connectivity index is 4.05. The van der Waals surface area contributed by atoms with Crippen LogP contribution in [0.5, 0.6) is 0 Å². The van der Waals surface area contributed by atoms with Gasteiger partial charge >= 0.3 is 17.9 Å². The van der Waals surface area contributed by atoms with E-state index in [1.807, 2.05) is 0 Å². The summed E-state index contributed by atoms with van der Waals surface area (Å²) in [5, 5.41) is 0. The van der Waals surface area contributed by atoms with Crippen LogP contribution in [0, 0.1) is 0 Å². The summed E-state index contributed by atoms with van der Waals surface area (Å²) in [6, 6.07) is 0. The first kappa shape index (κ1) is 75.1. The fourth-order valence-electron chi connectivity index (χ4n) is 9.28. The largest absolute Gasteiger partial charge is 0.462 e. The highest BCUT2D eigenvalue weighted by Crippen LogP contribution is 2.17. The van der Waals surface area contributed by atoms with Crippen molar-refractivity contribution in [3.8, 4) is 0 Å². The zero-order chi connectivity index (χ0) is 57.1. The molecule has 0 saturated carbocycles. The molecule has 1 atom stereocenters. The minimum atomic E-state index is -0.794. The Morgan fingerprint density at radius 2 is 0.494 bits per heavy atom. The lowest BCUT2D eigenvalue weighted by Crippen LogP contribution is -2.30. The van der Waals surface area contributed by atoms with Gasteiger partial charge in [0.25, 0.3) is 0 Å². The van der Waals surface area contributed by atoms with Crippen molar-refractivity contribution < 1.29 is 28.6 Å². The molecule has 79 heavy (non-hydrogen) atoms. The van der Waals surface area contributed by atoms with Crippen LogP contribution in [0.15, 0.2) is 109 Å². The molecule has 0 aromatic heterocycles. The Labute approximate surface area is 489 Å². The number of esters is 3. The van der Waals surface area contributed by atoms with Gasteiger partial charge in [0.15, 0.2) is 6.10 Å². The summed E-state index contributed by atoms with van der Waals surface area (Å²) in [5.41, 5.74) is 0. The molecule has 0 spiro atoms. The van der Waals surface area contributed by atoms with Crippen LogP contribution in [0.3, 0.4) is 0 Å². The lowest BCUT2D eigenvalue weighted by molar-refractivity contribution is -0.167. The van der Waals surface area contributed by atoms with Crippen LogP contribution in [-0.2, 0) is 28.6 Å². The van der Waals surface area contributed by atoms with E-state index in [0.717, 1.165) is 122 Å². The van der Waals surface area contributed by atoms with Crippen molar-refractivity contribution in [1.82, 2.24) is 0 Å². The third-order valence-corrected chi connectivity index (χ3v) is 14.3. The second-order valence-electron chi connectivity index (χ2n) is 22.0. The molecule has 0 radical (unpaired) electrons. The molecule has 0 aromatic rings. The number of carbonyl (C=O) groups excluding carboxylic acids is 3. The summed E-state index contributed by atoms with van der Waals surface area (Å²) >= 11 is 0. The van der Waals surface area contributed by atoms with Crippen molar-refractivity contribution in [3.63, 3.8) is 0 Å². The van der Waals surface area contributed by atoms with Crippen molar-refractivity contribution in [3.05, 3.63) is 109 Å². The average molecular weight is 1100 g/mol. The molecule has 1 unspecified atom stereocenters. The Morgan fingerprint density at radius 3 is 0.785 bits per heavy atom. The maximum absolute atomic E-state index is 12.8. The predicted octanol–water partition coefficient (Wildman–Crippen LogP) is 23.0. The lowest BCUT2D eigenvalue weighted by Gasteiger charge is -2.18.